The first kappa shape index (κ1) is 11.5. The van der Waals surface area contributed by atoms with Crippen molar-refractivity contribution >= 4 is 17.9 Å². The number of carbonyl (C=O) groups is 1. The normalized spacial score (nSPS) is 10.0. The van der Waals surface area contributed by atoms with E-state index in [0.717, 1.165) is 17.4 Å². The van der Waals surface area contributed by atoms with Crippen LogP contribution in [0.3, 0.4) is 0 Å². The van der Waals surface area contributed by atoms with Gasteiger partial charge in [0, 0.05) is 29.1 Å². The van der Waals surface area contributed by atoms with Crippen molar-refractivity contribution in [1.82, 2.24) is 9.97 Å². The maximum atomic E-state index is 10.8. The van der Waals surface area contributed by atoms with E-state index in [1.54, 1.807) is 30.6 Å². The maximum Gasteiger partial charge on any atom is 0.316 e. The number of halogens is 1. The number of aldehydes is 1. The van der Waals surface area contributed by atoms with E-state index in [2.05, 4.69) is 9.97 Å². The van der Waals surface area contributed by atoms with E-state index in [1.807, 2.05) is 0 Å². The smallest absolute Gasteiger partial charge is 0.316 e. The van der Waals surface area contributed by atoms with Crippen molar-refractivity contribution < 1.29 is 9.53 Å². The van der Waals surface area contributed by atoms with Crippen LogP contribution in [-0.2, 0) is 0 Å². The van der Waals surface area contributed by atoms with Gasteiger partial charge in [-0.25, -0.2) is 9.97 Å². The molecule has 1 aromatic carbocycles. The monoisotopic (exact) mass is 248 g/mol. The van der Waals surface area contributed by atoms with Gasteiger partial charge < -0.3 is 4.74 Å². The lowest BCUT2D eigenvalue weighted by Crippen LogP contribution is -1.92. The van der Waals surface area contributed by atoms with E-state index >= 15 is 0 Å². The predicted molar refractivity (Wildman–Crippen MR) is 64.4 cm³/mol. The molecule has 0 fully saturated rings. The molecule has 0 aliphatic heterocycles. The number of nitrogens with zero attached hydrogens (tertiary/aromatic N) is 2. The molecule has 0 radical (unpaired) electrons. The molecule has 0 spiro atoms. The Kier molecular flexibility index (Phi) is 3.35. The molecule has 0 saturated heterocycles. The third kappa shape index (κ3) is 2.26. The van der Waals surface area contributed by atoms with Gasteiger partial charge >= 0.3 is 6.01 Å². The number of benzene rings is 1. The zero-order valence-electron chi connectivity index (χ0n) is 9.05. The molecule has 2 rings (SSSR count). The van der Waals surface area contributed by atoms with Crippen molar-refractivity contribution in [1.29, 1.82) is 0 Å². The standard InChI is InChI=1S/C12H9ClN2O2/c1-17-12-14-5-9(6-15-12)10-4-2-3-8(7-16)11(10)13/h2-7H,1H3. The van der Waals surface area contributed by atoms with Crippen molar-refractivity contribution in [3.8, 4) is 17.1 Å². The highest BCUT2D eigenvalue weighted by molar-refractivity contribution is 6.35. The zero-order valence-corrected chi connectivity index (χ0v) is 9.81. The number of methoxy groups -OCH3 is 1. The molecule has 0 aliphatic carbocycles. The van der Waals surface area contributed by atoms with E-state index in [-0.39, 0.29) is 6.01 Å². The van der Waals surface area contributed by atoms with E-state index in [9.17, 15) is 4.79 Å². The highest BCUT2D eigenvalue weighted by Gasteiger charge is 2.08. The van der Waals surface area contributed by atoms with Crippen LogP contribution in [0.5, 0.6) is 6.01 Å². The SMILES string of the molecule is COc1ncc(-c2cccc(C=O)c2Cl)cn1. The van der Waals surface area contributed by atoms with Crippen molar-refractivity contribution in [3.05, 3.63) is 41.2 Å². The van der Waals surface area contributed by atoms with Gasteiger partial charge in [0.1, 0.15) is 0 Å². The maximum absolute atomic E-state index is 10.8. The van der Waals surface area contributed by atoms with Gasteiger partial charge in [-0.15, -0.1) is 0 Å². The lowest BCUT2D eigenvalue weighted by molar-refractivity contribution is 0.112. The van der Waals surface area contributed by atoms with Crippen molar-refractivity contribution in [3.63, 3.8) is 0 Å². The van der Waals surface area contributed by atoms with E-state index in [0.29, 0.717) is 10.6 Å². The van der Waals surface area contributed by atoms with E-state index < -0.39 is 0 Å². The number of rotatable bonds is 3. The average molecular weight is 249 g/mol. The minimum atomic E-state index is 0.288. The molecule has 0 amide bonds. The Bertz CT molecular complexity index is 541. The molecule has 0 unspecified atom stereocenters. The number of carbonyl (C=O) groups excluding carboxylic acids is 1. The summed E-state index contributed by atoms with van der Waals surface area (Å²) in [5, 5.41) is 0.399. The average Bonchev–Trinajstić information content (AvgIpc) is 2.39. The van der Waals surface area contributed by atoms with Crippen LogP contribution in [0, 0.1) is 0 Å². The third-order valence-electron chi connectivity index (χ3n) is 2.28. The lowest BCUT2D eigenvalue weighted by atomic mass is 10.1. The first-order valence-corrected chi connectivity index (χ1v) is 5.24. The molecule has 1 aromatic heterocycles. The van der Waals surface area contributed by atoms with Crippen molar-refractivity contribution in [2.75, 3.05) is 7.11 Å². The van der Waals surface area contributed by atoms with E-state index in [1.165, 1.54) is 7.11 Å². The molecular weight excluding hydrogens is 240 g/mol. The van der Waals surface area contributed by atoms with Crippen LogP contribution in [0.4, 0.5) is 0 Å². The van der Waals surface area contributed by atoms with Crippen LogP contribution in [-0.4, -0.2) is 23.4 Å². The van der Waals surface area contributed by atoms with Gasteiger partial charge in [-0.2, -0.15) is 0 Å². The van der Waals surface area contributed by atoms with Crippen LogP contribution in [0.25, 0.3) is 11.1 Å². The topological polar surface area (TPSA) is 52.1 Å². The fourth-order valence-corrected chi connectivity index (χ4v) is 1.70. The Morgan fingerprint density at radius 3 is 2.59 bits per heavy atom. The van der Waals surface area contributed by atoms with Crippen LogP contribution < -0.4 is 4.74 Å². The lowest BCUT2D eigenvalue weighted by Gasteiger charge is -2.05. The molecule has 2 aromatic rings. The second kappa shape index (κ2) is 4.93. The zero-order chi connectivity index (χ0) is 12.3. The van der Waals surface area contributed by atoms with Crippen LogP contribution >= 0.6 is 11.6 Å². The van der Waals surface area contributed by atoms with Gasteiger partial charge in [-0.1, -0.05) is 29.8 Å². The predicted octanol–water partition coefficient (Wildman–Crippen LogP) is 2.62. The summed E-state index contributed by atoms with van der Waals surface area (Å²) in [5.41, 5.74) is 1.90. The molecule has 0 saturated carbocycles. The van der Waals surface area contributed by atoms with Crippen molar-refractivity contribution in [2.45, 2.75) is 0 Å². The second-order valence-electron chi connectivity index (χ2n) is 3.29. The number of ether oxygens (including phenoxy) is 1. The van der Waals surface area contributed by atoms with Crippen LogP contribution in [0.1, 0.15) is 10.4 Å². The first-order valence-electron chi connectivity index (χ1n) is 4.86. The quantitative estimate of drug-likeness (QED) is 0.784. The molecule has 0 aliphatic rings. The summed E-state index contributed by atoms with van der Waals surface area (Å²) in [6.07, 6.45) is 3.92. The van der Waals surface area contributed by atoms with Gasteiger partial charge in [-0.05, 0) is 0 Å². The van der Waals surface area contributed by atoms with Crippen molar-refractivity contribution in [2.24, 2.45) is 0 Å². The third-order valence-corrected chi connectivity index (χ3v) is 2.70. The summed E-state index contributed by atoms with van der Waals surface area (Å²) in [5.74, 6) is 0. The fourth-order valence-electron chi connectivity index (χ4n) is 1.42. The van der Waals surface area contributed by atoms with Gasteiger partial charge in [0.05, 0.1) is 12.1 Å². The van der Waals surface area contributed by atoms with Gasteiger partial charge in [0.15, 0.2) is 6.29 Å². The van der Waals surface area contributed by atoms with E-state index in [4.69, 9.17) is 16.3 Å². The Balaban J connectivity index is 2.48. The molecule has 17 heavy (non-hydrogen) atoms. The summed E-state index contributed by atoms with van der Waals surface area (Å²) < 4.78 is 4.87. The second-order valence-corrected chi connectivity index (χ2v) is 3.66. The summed E-state index contributed by atoms with van der Waals surface area (Å²) in [7, 11) is 1.50. The number of hydrogen-bond donors (Lipinski definition) is 0. The highest BCUT2D eigenvalue weighted by atomic mass is 35.5. The summed E-state index contributed by atoms with van der Waals surface area (Å²) in [6.45, 7) is 0. The summed E-state index contributed by atoms with van der Waals surface area (Å²) >= 11 is 6.10. The highest BCUT2D eigenvalue weighted by Crippen LogP contribution is 2.29. The minimum Gasteiger partial charge on any atom is -0.467 e. The molecule has 86 valence electrons. The number of aromatic nitrogens is 2. The Labute approximate surface area is 103 Å². The van der Waals surface area contributed by atoms with Gasteiger partial charge in [0.2, 0.25) is 0 Å². The number of hydrogen-bond acceptors (Lipinski definition) is 4. The Morgan fingerprint density at radius 2 is 2.00 bits per heavy atom. The molecule has 0 bridgehead atoms. The molecule has 0 N–H and O–H groups in total. The summed E-state index contributed by atoms with van der Waals surface area (Å²) in [6, 6.07) is 5.51. The molecule has 0 atom stereocenters. The van der Waals surface area contributed by atoms with Crippen LogP contribution in [0.2, 0.25) is 5.02 Å². The largest absolute Gasteiger partial charge is 0.467 e. The van der Waals surface area contributed by atoms with Gasteiger partial charge in [-0.3, -0.25) is 4.79 Å². The van der Waals surface area contributed by atoms with Crippen LogP contribution in [0.15, 0.2) is 30.6 Å². The molecular formula is C12H9ClN2O2. The Morgan fingerprint density at radius 1 is 1.29 bits per heavy atom. The first-order chi connectivity index (χ1) is 8.26. The molecule has 4 nitrogen and oxygen atoms in total. The summed E-state index contributed by atoms with van der Waals surface area (Å²) in [4.78, 5) is 18.8. The minimum absolute atomic E-state index is 0.288. The van der Waals surface area contributed by atoms with Gasteiger partial charge in [0.25, 0.3) is 0 Å². The fraction of sp³-hybridized carbons (Fsp3) is 0.0833. The molecule has 1 heterocycles. The molecule has 5 heteroatoms. The Hall–Kier alpha value is -1.94.